The van der Waals surface area contributed by atoms with Crippen molar-refractivity contribution < 1.29 is 14.3 Å². The predicted molar refractivity (Wildman–Crippen MR) is 110 cm³/mol. The normalized spacial score (nSPS) is 12.2. The summed E-state index contributed by atoms with van der Waals surface area (Å²) in [5, 5.41) is 5.93. The molecule has 0 radical (unpaired) electrons. The lowest BCUT2D eigenvalue weighted by molar-refractivity contribution is -0.118. The Hall–Kier alpha value is -2.60. The average molecular weight is 385 g/mol. The number of thiophene rings is 1. The fraction of sp³-hybridized carbons (Fsp3) is 0.333. The topological polar surface area (TPSA) is 60.3 Å². The number of nitrogens with one attached hydrogen (secondary N) is 1. The number of carbonyl (C=O) groups is 2. The lowest BCUT2D eigenvalue weighted by Gasteiger charge is -2.19. The molecule has 1 aromatic carbocycles. The van der Waals surface area contributed by atoms with Gasteiger partial charge in [-0.3, -0.25) is 4.79 Å². The molecule has 142 valence electrons. The van der Waals surface area contributed by atoms with E-state index in [1.165, 1.54) is 11.3 Å². The molecular weight excluding hydrogens is 360 g/mol. The van der Waals surface area contributed by atoms with Crippen molar-refractivity contribution in [3.8, 4) is 0 Å². The van der Waals surface area contributed by atoms with Crippen LogP contribution in [0.15, 0.2) is 29.6 Å². The molecule has 1 amide bonds. The Labute approximate surface area is 163 Å². The number of rotatable bonds is 5. The number of ether oxygens (including phenoxy) is 1. The first-order valence-electron chi connectivity index (χ1n) is 8.97. The van der Waals surface area contributed by atoms with Crippen LogP contribution in [0.3, 0.4) is 0 Å². The summed E-state index contributed by atoms with van der Waals surface area (Å²) in [6.07, 6.45) is 0. The van der Waals surface area contributed by atoms with E-state index in [0.717, 1.165) is 32.6 Å². The number of esters is 1. The van der Waals surface area contributed by atoms with Crippen LogP contribution in [0.25, 0.3) is 10.2 Å². The van der Waals surface area contributed by atoms with Crippen LogP contribution in [0.1, 0.15) is 47.1 Å². The van der Waals surface area contributed by atoms with E-state index in [1.54, 1.807) is 24.5 Å². The quantitative estimate of drug-likeness (QED) is 0.630. The minimum absolute atomic E-state index is 0.165. The number of fused-ring (bicyclic) bond motifs is 1. The highest BCUT2D eigenvalue weighted by molar-refractivity contribution is 7.16. The molecule has 1 unspecified atom stereocenters. The first-order valence-corrected chi connectivity index (χ1v) is 9.85. The summed E-state index contributed by atoms with van der Waals surface area (Å²) in [7, 11) is 0. The van der Waals surface area contributed by atoms with E-state index in [-0.39, 0.29) is 5.91 Å². The van der Waals surface area contributed by atoms with Gasteiger partial charge in [0.15, 0.2) is 0 Å². The maximum Gasteiger partial charge on any atom is 0.355 e. The summed E-state index contributed by atoms with van der Waals surface area (Å²) in [5.41, 5.74) is 4.43. The van der Waals surface area contributed by atoms with E-state index in [1.807, 2.05) is 44.4 Å². The van der Waals surface area contributed by atoms with Crippen molar-refractivity contribution in [2.45, 2.75) is 40.7 Å². The van der Waals surface area contributed by atoms with Crippen LogP contribution >= 0.6 is 11.3 Å². The van der Waals surface area contributed by atoms with Gasteiger partial charge in [0, 0.05) is 11.1 Å². The van der Waals surface area contributed by atoms with Gasteiger partial charge in [-0.2, -0.15) is 0 Å². The molecule has 1 N–H and O–H groups in total. The highest BCUT2D eigenvalue weighted by atomic mass is 32.1. The second-order valence-corrected chi connectivity index (χ2v) is 7.63. The van der Waals surface area contributed by atoms with Crippen molar-refractivity contribution in [2.24, 2.45) is 0 Å². The molecule has 2 aromatic heterocycles. The summed E-state index contributed by atoms with van der Waals surface area (Å²) in [5.74, 6) is -0.579. The van der Waals surface area contributed by atoms with Gasteiger partial charge < -0.3 is 14.6 Å². The smallest absolute Gasteiger partial charge is 0.355 e. The van der Waals surface area contributed by atoms with Crippen LogP contribution in [0.5, 0.6) is 0 Å². The summed E-state index contributed by atoms with van der Waals surface area (Å²) in [6, 6.07) is 7.27. The largest absolute Gasteiger partial charge is 0.461 e. The number of anilines is 1. The number of nitrogens with zero attached hydrogens (tertiary/aromatic N) is 1. The molecule has 3 rings (SSSR count). The zero-order valence-electron chi connectivity index (χ0n) is 16.3. The minimum Gasteiger partial charge on any atom is -0.461 e. The van der Waals surface area contributed by atoms with Gasteiger partial charge in [0.25, 0.3) is 0 Å². The second-order valence-electron chi connectivity index (χ2n) is 6.74. The lowest BCUT2D eigenvalue weighted by atomic mass is 10.0. The molecule has 0 saturated heterocycles. The molecule has 0 spiro atoms. The molecule has 0 aliphatic heterocycles. The van der Waals surface area contributed by atoms with E-state index in [2.05, 4.69) is 5.32 Å². The van der Waals surface area contributed by atoms with Crippen molar-refractivity contribution in [2.75, 3.05) is 11.9 Å². The molecule has 5 nitrogen and oxygen atoms in total. The number of carbonyl (C=O) groups excluding carboxylic acids is 2. The molecule has 2 heterocycles. The van der Waals surface area contributed by atoms with Crippen molar-refractivity contribution in [3.63, 3.8) is 0 Å². The molecule has 0 aliphatic carbocycles. The molecule has 1 atom stereocenters. The minimum atomic E-state index is -0.555. The van der Waals surface area contributed by atoms with E-state index in [0.29, 0.717) is 12.3 Å². The molecule has 0 fully saturated rings. The Morgan fingerprint density at radius 1 is 1.19 bits per heavy atom. The van der Waals surface area contributed by atoms with Gasteiger partial charge in [-0.25, -0.2) is 4.79 Å². The van der Waals surface area contributed by atoms with Crippen LogP contribution in [-0.2, 0) is 9.53 Å². The summed E-state index contributed by atoms with van der Waals surface area (Å²) in [4.78, 5) is 26.3. The number of hydrogen-bond donors (Lipinski definition) is 1. The van der Waals surface area contributed by atoms with Crippen LogP contribution in [0.4, 0.5) is 5.69 Å². The van der Waals surface area contributed by atoms with Crippen molar-refractivity contribution in [1.82, 2.24) is 4.57 Å². The Kier molecular flexibility index (Phi) is 5.37. The molecule has 0 bridgehead atoms. The molecular formula is C21H24N2O3S. The highest BCUT2D eigenvalue weighted by Crippen LogP contribution is 2.30. The van der Waals surface area contributed by atoms with Gasteiger partial charge in [-0.1, -0.05) is 17.7 Å². The zero-order chi connectivity index (χ0) is 19.7. The number of benzene rings is 1. The molecule has 27 heavy (non-hydrogen) atoms. The molecule has 0 saturated carbocycles. The maximum absolute atomic E-state index is 13.0. The van der Waals surface area contributed by atoms with Crippen LogP contribution in [0.2, 0.25) is 0 Å². The SMILES string of the molecule is CCOC(=O)c1cc2ccsc2n1C(C)C(=O)Nc1c(C)cc(C)cc1C. The average Bonchev–Trinajstić information content (AvgIpc) is 3.18. The van der Waals surface area contributed by atoms with Crippen molar-refractivity contribution in [3.05, 3.63) is 52.0 Å². The Morgan fingerprint density at radius 3 is 2.48 bits per heavy atom. The number of aromatic nitrogens is 1. The van der Waals surface area contributed by atoms with Gasteiger partial charge in [0.05, 0.1) is 6.61 Å². The van der Waals surface area contributed by atoms with Gasteiger partial charge in [-0.15, -0.1) is 11.3 Å². The molecule has 6 heteroatoms. The van der Waals surface area contributed by atoms with Gasteiger partial charge in [-0.05, 0) is 63.3 Å². The first-order chi connectivity index (χ1) is 12.8. The lowest BCUT2D eigenvalue weighted by Crippen LogP contribution is -2.26. The second kappa shape index (κ2) is 7.56. The Morgan fingerprint density at radius 2 is 1.85 bits per heavy atom. The third kappa shape index (κ3) is 3.62. The van der Waals surface area contributed by atoms with Crippen LogP contribution in [-0.4, -0.2) is 23.1 Å². The zero-order valence-corrected chi connectivity index (χ0v) is 17.1. The van der Waals surface area contributed by atoms with E-state index in [4.69, 9.17) is 4.74 Å². The number of hydrogen-bond acceptors (Lipinski definition) is 4. The van der Waals surface area contributed by atoms with Crippen molar-refractivity contribution in [1.29, 1.82) is 0 Å². The number of amides is 1. The van der Waals surface area contributed by atoms with E-state index >= 15 is 0 Å². The van der Waals surface area contributed by atoms with Crippen molar-refractivity contribution >= 4 is 39.1 Å². The molecule has 0 aliphatic rings. The van der Waals surface area contributed by atoms with Gasteiger partial charge in [0.1, 0.15) is 16.6 Å². The third-order valence-corrected chi connectivity index (χ3v) is 5.55. The van der Waals surface area contributed by atoms with Gasteiger partial charge >= 0.3 is 5.97 Å². The van der Waals surface area contributed by atoms with Crippen LogP contribution < -0.4 is 5.32 Å². The summed E-state index contributed by atoms with van der Waals surface area (Å²) >= 11 is 1.51. The van der Waals surface area contributed by atoms with E-state index in [9.17, 15) is 9.59 Å². The fourth-order valence-electron chi connectivity index (χ4n) is 3.41. The van der Waals surface area contributed by atoms with E-state index < -0.39 is 12.0 Å². The summed E-state index contributed by atoms with van der Waals surface area (Å²) < 4.78 is 6.95. The van der Waals surface area contributed by atoms with Gasteiger partial charge in [0.2, 0.25) is 5.91 Å². The van der Waals surface area contributed by atoms with Crippen LogP contribution in [0, 0.1) is 20.8 Å². The third-order valence-electron chi connectivity index (χ3n) is 4.62. The first kappa shape index (κ1) is 19.2. The predicted octanol–water partition coefficient (Wildman–Crippen LogP) is 5.00. The summed E-state index contributed by atoms with van der Waals surface area (Å²) in [6.45, 7) is 9.87. The monoisotopic (exact) mass is 384 g/mol. The standard InChI is InChI=1S/C21H24N2O3S/c1-6-26-21(25)17-11-16-7-8-27-20(16)23(17)15(5)19(24)22-18-13(3)9-12(2)10-14(18)4/h7-11,15H,6H2,1-5H3,(H,22,24). The maximum atomic E-state index is 13.0. The number of aryl methyl sites for hydroxylation is 3. The fourth-order valence-corrected chi connectivity index (χ4v) is 4.39. The molecule has 3 aromatic rings. The Bertz CT molecular complexity index is 993. The Balaban J connectivity index is 1.97. The highest BCUT2D eigenvalue weighted by Gasteiger charge is 2.25.